The summed E-state index contributed by atoms with van der Waals surface area (Å²) >= 11 is 3.87. The van der Waals surface area contributed by atoms with Gasteiger partial charge in [-0.15, -0.1) is 0 Å². The summed E-state index contributed by atoms with van der Waals surface area (Å²) in [5.41, 5.74) is 0.172. The molecule has 0 saturated carbocycles. The maximum atomic E-state index is 5.07. The number of ether oxygens (including phenoxy) is 1. The summed E-state index contributed by atoms with van der Waals surface area (Å²) in [4.78, 5) is 5.57. The molecular weight excluding hydrogens is 285 g/mol. The van der Waals surface area contributed by atoms with Gasteiger partial charge in [-0.2, -0.15) is 4.98 Å². The summed E-state index contributed by atoms with van der Waals surface area (Å²) in [7, 11) is 1.65. The molecule has 0 atom stereocenters. The van der Waals surface area contributed by atoms with E-state index in [1.807, 2.05) is 0 Å². The molecule has 0 aliphatic heterocycles. The first kappa shape index (κ1) is 10.2. The minimum atomic E-state index is 0.172. The molecule has 0 N–H and O–H groups in total. The smallest absolute Gasteiger partial charge is 0.274 e. The Morgan fingerprint density at radius 2 is 2.00 bits per heavy atom. The van der Waals surface area contributed by atoms with E-state index in [2.05, 4.69) is 48.3 Å². The number of methoxy groups -OCH3 is 1. The van der Waals surface area contributed by atoms with E-state index in [1.54, 1.807) is 18.4 Å². The second-order valence-corrected chi connectivity index (χ2v) is 5.54. The van der Waals surface area contributed by atoms with Crippen LogP contribution < -0.4 is 4.74 Å². The van der Waals surface area contributed by atoms with Crippen LogP contribution >= 0.6 is 33.9 Å². The summed E-state index contributed by atoms with van der Waals surface area (Å²) in [5, 5.41) is 0.754. The zero-order valence-corrected chi connectivity index (χ0v) is 10.6. The van der Waals surface area contributed by atoms with Gasteiger partial charge < -0.3 is 4.74 Å². The second-order valence-electron chi connectivity index (χ2n) is 3.55. The molecule has 0 unspecified atom stereocenters. The Hall–Kier alpha value is 0.160. The van der Waals surface area contributed by atoms with Crippen LogP contribution in [0.1, 0.15) is 25.6 Å². The monoisotopic (exact) mass is 297 g/mol. The minimum absolute atomic E-state index is 0.172. The normalized spacial score (nSPS) is 11.8. The maximum absolute atomic E-state index is 5.07. The highest BCUT2D eigenvalue weighted by atomic mass is 127. The van der Waals surface area contributed by atoms with Crippen molar-refractivity contribution < 1.29 is 4.74 Å². The molecular formula is C8H12INOS. The van der Waals surface area contributed by atoms with Crippen LogP contribution in [0.2, 0.25) is 0 Å². The first-order valence-electron chi connectivity index (χ1n) is 3.66. The second kappa shape index (κ2) is 3.49. The van der Waals surface area contributed by atoms with Gasteiger partial charge in [0.25, 0.3) is 5.19 Å². The van der Waals surface area contributed by atoms with E-state index < -0.39 is 0 Å². The summed E-state index contributed by atoms with van der Waals surface area (Å²) in [6.07, 6.45) is 0. The Labute approximate surface area is 90.5 Å². The number of rotatable bonds is 1. The molecule has 1 rings (SSSR count). The zero-order chi connectivity index (χ0) is 9.35. The largest absolute Gasteiger partial charge is 0.473 e. The average Bonchev–Trinajstić information content (AvgIpc) is 2.29. The molecule has 0 aliphatic rings. The van der Waals surface area contributed by atoms with Crippen molar-refractivity contribution in [1.82, 2.24) is 4.98 Å². The van der Waals surface area contributed by atoms with Gasteiger partial charge in [0.15, 0.2) is 0 Å². The van der Waals surface area contributed by atoms with E-state index >= 15 is 0 Å². The Morgan fingerprint density at radius 1 is 1.42 bits per heavy atom. The van der Waals surface area contributed by atoms with Gasteiger partial charge in [0.1, 0.15) is 3.70 Å². The lowest BCUT2D eigenvalue weighted by atomic mass is 9.96. The number of hydrogen-bond acceptors (Lipinski definition) is 3. The molecule has 12 heavy (non-hydrogen) atoms. The minimum Gasteiger partial charge on any atom is -0.473 e. The lowest BCUT2D eigenvalue weighted by Crippen LogP contribution is -2.10. The van der Waals surface area contributed by atoms with Gasteiger partial charge >= 0.3 is 0 Å². The molecule has 0 bridgehead atoms. The lowest BCUT2D eigenvalue weighted by molar-refractivity contribution is 0.411. The molecule has 4 heteroatoms. The fourth-order valence-corrected chi connectivity index (χ4v) is 3.19. The van der Waals surface area contributed by atoms with E-state index in [9.17, 15) is 0 Å². The summed E-state index contributed by atoms with van der Waals surface area (Å²) in [5.74, 6) is 0. The molecule has 1 heterocycles. The van der Waals surface area contributed by atoms with Gasteiger partial charge in [0.2, 0.25) is 0 Å². The fraction of sp³-hybridized carbons (Fsp3) is 0.625. The van der Waals surface area contributed by atoms with Crippen LogP contribution in [0.25, 0.3) is 0 Å². The molecule has 0 spiro atoms. The number of nitrogens with zero attached hydrogens (tertiary/aromatic N) is 1. The van der Waals surface area contributed by atoms with Crippen molar-refractivity contribution in [3.8, 4) is 5.19 Å². The topological polar surface area (TPSA) is 22.1 Å². The fourth-order valence-electron chi connectivity index (χ4n) is 0.833. The molecule has 0 fully saturated rings. The van der Waals surface area contributed by atoms with Crippen LogP contribution in [0.15, 0.2) is 0 Å². The van der Waals surface area contributed by atoms with Gasteiger partial charge in [0.05, 0.1) is 7.11 Å². The van der Waals surface area contributed by atoms with Gasteiger partial charge in [-0.1, -0.05) is 32.1 Å². The van der Waals surface area contributed by atoms with Gasteiger partial charge in [0, 0.05) is 4.88 Å². The van der Waals surface area contributed by atoms with Crippen LogP contribution in [0.5, 0.6) is 5.19 Å². The van der Waals surface area contributed by atoms with Gasteiger partial charge in [-0.3, -0.25) is 0 Å². The lowest BCUT2D eigenvalue weighted by Gasteiger charge is -2.15. The predicted molar refractivity (Wildman–Crippen MR) is 60.1 cm³/mol. The Bertz CT molecular complexity index is 277. The van der Waals surface area contributed by atoms with Gasteiger partial charge in [-0.05, 0) is 28.0 Å². The van der Waals surface area contributed by atoms with Crippen LogP contribution in [-0.2, 0) is 5.41 Å². The van der Waals surface area contributed by atoms with E-state index in [1.165, 1.54) is 4.88 Å². The van der Waals surface area contributed by atoms with Crippen molar-refractivity contribution in [2.24, 2.45) is 0 Å². The molecule has 0 amide bonds. The zero-order valence-electron chi connectivity index (χ0n) is 7.64. The maximum Gasteiger partial charge on any atom is 0.274 e. The Morgan fingerprint density at radius 3 is 2.25 bits per heavy atom. The first-order chi connectivity index (χ1) is 5.45. The molecule has 2 nitrogen and oxygen atoms in total. The van der Waals surface area contributed by atoms with Crippen molar-refractivity contribution >= 4 is 33.9 Å². The SMILES string of the molecule is COc1nc(I)c(C(C)(C)C)s1. The average molecular weight is 297 g/mol. The van der Waals surface area contributed by atoms with E-state index in [0.29, 0.717) is 0 Å². The highest BCUT2D eigenvalue weighted by Gasteiger charge is 2.21. The third-order valence-electron chi connectivity index (χ3n) is 1.42. The third kappa shape index (κ3) is 2.10. The summed E-state index contributed by atoms with van der Waals surface area (Å²) in [6.45, 7) is 6.55. The highest BCUT2D eigenvalue weighted by Crippen LogP contribution is 2.35. The third-order valence-corrected chi connectivity index (χ3v) is 4.01. The van der Waals surface area contributed by atoms with Crippen LogP contribution in [0.3, 0.4) is 0 Å². The molecule has 0 saturated heterocycles. The Balaban J connectivity index is 3.08. The molecule has 0 radical (unpaired) electrons. The van der Waals surface area contributed by atoms with Crippen molar-refractivity contribution in [2.75, 3.05) is 7.11 Å². The molecule has 0 aromatic carbocycles. The van der Waals surface area contributed by atoms with Crippen molar-refractivity contribution in [3.63, 3.8) is 0 Å². The first-order valence-corrected chi connectivity index (χ1v) is 5.55. The van der Waals surface area contributed by atoms with E-state index in [4.69, 9.17) is 4.74 Å². The van der Waals surface area contributed by atoms with Crippen LogP contribution in [0, 0.1) is 3.70 Å². The molecule has 1 aromatic heterocycles. The van der Waals surface area contributed by atoms with Gasteiger partial charge in [-0.25, -0.2) is 0 Å². The van der Waals surface area contributed by atoms with E-state index in [0.717, 1.165) is 8.89 Å². The standard InChI is InChI=1S/C8H12INOS/c1-8(2,3)5-6(9)10-7(11-4)12-5/h1-4H3. The number of thiazole rings is 1. The summed E-state index contributed by atoms with van der Waals surface area (Å²) < 4.78 is 6.13. The quantitative estimate of drug-likeness (QED) is 0.743. The number of hydrogen-bond donors (Lipinski definition) is 0. The van der Waals surface area contributed by atoms with Crippen molar-refractivity contribution in [3.05, 3.63) is 8.58 Å². The van der Waals surface area contributed by atoms with Crippen LogP contribution in [0.4, 0.5) is 0 Å². The van der Waals surface area contributed by atoms with Crippen LogP contribution in [-0.4, -0.2) is 12.1 Å². The number of aromatic nitrogens is 1. The Kier molecular flexibility index (Phi) is 2.98. The predicted octanol–water partition coefficient (Wildman–Crippen LogP) is 3.05. The number of halogens is 1. The molecule has 68 valence electrons. The van der Waals surface area contributed by atoms with E-state index in [-0.39, 0.29) is 5.41 Å². The van der Waals surface area contributed by atoms with Crippen molar-refractivity contribution in [1.29, 1.82) is 0 Å². The van der Waals surface area contributed by atoms with Crippen molar-refractivity contribution in [2.45, 2.75) is 26.2 Å². The molecule has 1 aromatic rings. The summed E-state index contributed by atoms with van der Waals surface area (Å²) in [6, 6.07) is 0. The highest BCUT2D eigenvalue weighted by molar-refractivity contribution is 14.1. The molecule has 0 aliphatic carbocycles.